The number of amides is 1. The molecule has 0 aromatic rings. The Labute approximate surface area is 126 Å². The first kappa shape index (κ1) is 19.4. The SMILES string of the molecule is CCC(C)(C)CC(=O)N(C)C(CC(C)(C)N)C(C)(C)C. The van der Waals surface area contributed by atoms with Gasteiger partial charge in [0.15, 0.2) is 0 Å². The number of hydrogen-bond acceptors (Lipinski definition) is 2. The summed E-state index contributed by atoms with van der Waals surface area (Å²) < 4.78 is 0. The summed E-state index contributed by atoms with van der Waals surface area (Å²) in [6.45, 7) is 17.0. The Bertz CT molecular complexity index is 321. The van der Waals surface area contributed by atoms with Crippen LogP contribution >= 0.6 is 0 Å². The predicted octanol–water partition coefficient (Wildman–Crippen LogP) is 3.81. The van der Waals surface area contributed by atoms with Crippen LogP contribution in [-0.4, -0.2) is 29.4 Å². The van der Waals surface area contributed by atoms with Crippen molar-refractivity contribution in [3.63, 3.8) is 0 Å². The molecule has 0 radical (unpaired) electrons. The van der Waals surface area contributed by atoms with E-state index in [9.17, 15) is 4.79 Å². The molecule has 0 fully saturated rings. The number of nitrogens with two attached hydrogens (primary N) is 1. The lowest BCUT2D eigenvalue weighted by molar-refractivity contribution is -0.136. The molecule has 0 aliphatic carbocycles. The molecule has 20 heavy (non-hydrogen) atoms. The average Bonchev–Trinajstić information content (AvgIpc) is 2.21. The van der Waals surface area contributed by atoms with Crippen molar-refractivity contribution < 1.29 is 4.79 Å². The second-order valence-corrected chi connectivity index (χ2v) is 8.77. The predicted molar refractivity (Wildman–Crippen MR) is 87.6 cm³/mol. The second-order valence-electron chi connectivity index (χ2n) is 8.77. The molecule has 1 atom stereocenters. The normalized spacial score (nSPS) is 15.1. The molecular weight excluding hydrogens is 248 g/mol. The van der Waals surface area contributed by atoms with E-state index >= 15 is 0 Å². The Balaban J connectivity index is 5.06. The maximum Gasteiger partial charge on any atom is 0.223 e. The lowest BCUT2D eigenvalue weighted by atomic mass is 9.78. The molecule has 120 valence electrons. The third-order valence-electron chi connectivity index (χ3n) is 4.17. The van der Waals surface area contributed by atoms with Crippen LogP contribution in [0.1, 0.15) is 74.7 Å². The van der Waals surface area contributed by atoms with Crippen molar-refractivity contribution in [2.24, 2.45) is 16.6 Å². The summed E-state index contributed by atoms with van der Waals surface area (Å²) in [5.74, 6) is 0.223. The van der Waals surface area contributed by atoms with E-state index < -0.39 is 0 Å². The molecule has 0 aromatic heterocycles. The fourth-order valence-corrected chi connectivity index (χ4v) is 2.36. The van der Waals surface area contributed by atoms with Crippen molar-refractivity contribution in [1.29, 1.82) is 0 Å². The molecule has 1 unspecified atom stereocenters. The van der Waals surface area contributed by atoms with E-state index in [-0.39, 0.29) is 28.3 Å². The second kappa shape index (κ2) is 6.46. The Morgan fingerprint density at radius 3 is 1.85 bits per heavy atom. The summed E-state index contributed by atoms with van der Waals surface area (Å²) in [6, 6.07) is 0.155. The van der Waals surface area contributed by atoms with Crippen LogP contribution in [0.3, 0.4) is 0 Å². The first-order chi connectivity index (χ1) is 8.69. The largest absolute Gasteiger partial charge is 0.342 e. The van der Waals surface area contributed by atoms with Gasteiger partial charge in [-0.1, -0.05) is 48.0 Å². The van der Waals surface area contributed by atoms with E-state index in [1.54, 1.807) is 0 Å². The monoisotopic (exact) mass is 284 g/mol. The van der Waals surface area contributed by atoms with Gasteiger partial charge in [-0.2, -0.15) is 0 Å². The van der Waals surface area contributed by atoms with Crippen LogP contribution in [0, 0.1) is 10.8 Å². The van der Waals surface area contributed by atoms with E-state index in [0.717, 1.165) is 12.8 Å². The quantitative estimate of drug-likeness (QED) is 0.806. The number of carbonyl (C=O) groups excluding carboxylic acids is 1. The van der Waals surface area contributed by atoms with Crippen LogP contribution in [0.2, 0.25) is 0 Å². The first-order valence-electron chi connectivity index (χ1n) is 7.74. The summed E-state index contributed by atoms with van der Waals surface area (Å²) in [7, 11) is 1.93. The Morgan fingerprint density at radius 2 is 1.55 bits per heavy atom. The van der Waals surface area contributed by atoms with Crippen molar-refractivity contribution >= 4 is 5.91 Å². The molecule has 0 aromatic carbocycles. The molecule has 0 saturated carbocycles. The van der Waals surface area contributed by atoms with Gasteiger partial charge >= 0.3 is 0 Å². The van der Waals surface area contributed by atoms with E-state index in [0.29, 0.717) is 6.42 Å². The van der Waals surface area contributed by atoms with E-state index in [1.807, 2.05) is 25.8 Å². The van der Waals surface area contributed by atoms with Gasteiger partial charge in [0, 0.05) is 25.0 Å². The smallest absolute Gasteiger partial charge is 0.223 e. The molecule has 0 spiro atoms. The molecule has 3 nitrogen and oxygen atoms in total. The summed E-state index contributed by atoms with van der Waals surface area (Å²) in [5, 5.41) is 0. The standard InChI is InChI=1S/C17H36N2O/c1-10-16(5,6)12-14(20)19(9)13(15(2,3)4)11-17(7,8)18/h13H,10-12,18H2,1-9H3. The van der Waals surface area contributed by atoms with Gasteiger partial charge in [0.25, 0.3) is 0 Å². The first-order valence-corrected chi connectivity index (χ1v) is 7.74. The summed E-state index contributed by atoms with van der Waals surface area (Å²) in [5.41, 5.74) is 6.00. The summed E-state index contributed by atoms with van der Waals surface area (Å²) in [4.78, 5) is 14.5. The van der Waals surface area contributed by atoms with Gasteiger partial charge in [-0.05, 0) is 31.1 Å². The van der Waals surface area contributed by atoms with Gasteiger partial charge in [-0.3, -0.25) is 4.79 Å². The van der Waals surface area contributed by atoms with Gasteiger partial charge in [0.05, 0.1) is 0 Å². The fraction of sp³-hybridized carbons (Fsp3) is 0.941. The van der Waals surface area contributed by atoms with Crippen LogP contribution < -0.4 is 5.73 Å². The van der Waals surface area contributed by atoms with Crippen molar-refractivity contribution in [2.75, 3.05) is 7.05 Å². The average molecular weight is 284 g/mol. The minimum absolute atomic E-state index is 0.0252. The number of hydrogen-bond donors (Lipinski definition) is 1. The van der Waals surface area contributed by atoms with Crippen LogP contribution in [-0.2, 0) is 4.79 Å². The molecule has 1 amide bonds. The van der Waals surface area contributed by atoms with Crippen LogP contribution in [0.15, 0.2) is 0 Å². The Hall–Kier alpha value is -0.570. The zero-order valence-electron chi connectivity index (χ0n) is 15.1. The summed E-state index contributed by atoms with van der Waals surface area (Å²) >= 11 is 0. The van der Waals surface area contributed by atoms with Gasteiger partial charge in [-0.25, -0.2) is 0 Å². The van der Waals surface area contributed by atoms with Gasteiger partial charge in [0.1, 0.15) is 0 Å². The lowest BCUT2D eigenvalue weighted by Gasteiger charge is -2.42. The molecular formula is C17H36N2O. The van der Waals surface area contributed by atoms with Crippen molar-refractivity contribution in [3.05, 3.63) is 0 Å². The minimum Gasteiger partial charge on any atom is -0.342 e. The summed E-state index contributed by atoms with van der Waals surface area (Å²) in [6.07, 6.45) is 2.41. The highest BCUT2D eigenvalue weighted by molar-refractivity contribution is 5.77. The highest BCUT2D eigenvalue weighted by Crippen LogP contribution is 2.32. The zero-order valence-corrected chi connectivity index (χ0v) is 15.1. The topological polar surface area (TPSA) is 46.3 Å². The van der Waals surface area contributed by atoms with Gasteiger partial charge < -0.3 is 10.6 Å². The molecule has 0 aliphatic heterocycles. The number of rotatable bonds is 6. The third-order valence-corrected chi connectivity index (χ3v) is 4.17. The van der Waals surface area contributed by atoms with Crippen molar-refractivity contribution in [3.8, 4) is 0 Å². The maximum absolute atomic E-state index is 12.6. The molecule has 0 saturated heterocycles. The fourth-order valence-electron chi connectivity index (χ4n) is 2.36. The minimum atomic E-state index is -0.271. The number of carbonyl (C=O) groups is 1. The molecule has 0 rings (SSSR count). The molecule has 2 N–H and O–H groups in total. The number of nitrogens with zero attached hydrogens (tertiary/aromatic N) is 1. The van der Waals surface area contributed by atoms with Crippen LogP contribution in [0.5, 0.6) is 0 Å². The van der Waals surface area contributed by atoms with Gasteiger partial charge in [-0.15, -0.1) is 0 Å². The van der Waals surface area contributed by atoms with E-state index in [1.165, 1.54) is 0 Å². The molecule has 0 heterocycles. The Morgan fingerprint density at radius 1 is 1.10 bits per heavy atom. The lowest BCUT2D eigenvalue weighted by Crippen LogP contribution is -2.51. The van der Waals surface area contributed by atoms with Gasteiger partial charge in [0.2, 0.25) is 5.91 Å². The van der Waals surface area contributed by atoms with Crippen LogP contribution in [0.25, 0.3) is 0 Å². The third kappa shape index (κ3) is 6.74. The highest BCUT2D eigenvalue weighted by atomic mass is 16.2. The van der Waals surface area contributed by atoms with Crippen molar-refractivity contribution in [2.45, 2.75) is 86.2 Å². The highest BCUT2D eigenvalue weighted by Gasteiger charge is 2.35. The maximum atomic E-state index is 12.6. The van der Waals surface area contributed by atoms with Crippen molar-refractivity contribution in [1.82, 2.24) is 4.90 Å². The Kier molecular flexibility index (Phi) is 6.28. The zero-order chi connectivity index (χ0) is 16.4. The molecule has 0 bridgehead atoms. The molecule has 3 heteroatoms. The van der Waals surface area contributed by atoms with E-state index in [2.05, 4.69) is 41.5 Å². The van der Waals surface area contributed by atoms with Crippen LogP contribution in [0.4, 0.5) is 0 Å². The molecule has 0 aliphatic rings. The van der Waals surface area contributed by atoms with E-state index in [4.69, 9.17) is 5.73 Å².